The van der Waals surface area contributed by atoms with Crippen molar-refractivity contribution in [2.75, 3.05) is 14.2 Å². The normalized spacial score (nSPS) is 11.7. The molecule has 0 spiro atoms. The summed E-state index contributed by atoms with van der Waals surface area (Å²) >= 11 is 0. The molecule has 4 heteroatoms. The Labute approximate surface area is 170 Å². The van der Waals surface area contributed by atoms with Crippen molar-refractivity contribution < 1.29 is 13.9 Å². The van der Waals surface area contributed by atoms with Crippen molar-refractivity contribution in [1.82, 2.24) is 0 Å². The number of rotatable bonds is 4. The highest BCUT2D eigenvalue weighted by Gasteiger charge is 2.10. The topological polar surface area (TPSA) is 44.0 Å². The molecule has 0 saturated carbocycles. The van der Waals surface area contributed by atoms with Gasteiger partial charge in [0.05, 0.1) is 25.3 Å². The SMILES string of the molecule is COc1ccc(-c2cc(=Nc3ccc(C)c(C)c3)c3ccccc3o2)cc1OC. The fourth-order valence-corrected chi connectivity index (χ4v) is 3.28. The molecule has 0 bridgehead atoms. The highest BCUT2D eigenvalue weighted by atomic mass is 16.5. The molecule has 0 radical (unpaired) electrons. The van der Waals surface area contributed by atoms with Gasteiger partial charge < -0.3 is 13.9 Å². The zero-order chi connectivity index (χ0) is 20.4. The van der Waals surface area contributed by atoms with E-state index >= 15 is 0 Å². The lowest BCUT2D eigenvalue weighted by atomic mass is 10.1. The second kappa shape index (κ2) is 7.84. The van der Waals surface area contributed by atoms with Gasteiger partial charge in [0.1, 0.15) is 11.3 Å². The minimum absolute atomic E-state index is 0.654. The Balaban J connectivity index is 1.94. The summed E-state index contributed by atoms with van der Waals surface area (Å²) in [7, 11) is 3.25. The number of para-hydroxylation sites is 1. The molecule has 146 valence electrons. The monoisotopic (exact) mass is 385 g/mol. The molecule has 0 atom stereocenters. The van der Waals surface area contributed by atoms with Gasteiger partial charge in [-0.25, -0.2) is 4.99 Å². The molecule has 4 rings (SSSR count). The van der Waals surface area contributed by atoms with Crippen LogP contribution < -0.4 is 14.8 Å². The maximum Gasteiger partial charge on any atom is 0.161 e. The van der Waals surface area contributed by atoms with E-state index in [2.05, 4.69) is 26.0 Å². The van der Waals surface area contributed by atoms with E-state index in [1.165, 1.54) is 11.1 Å². The molecule has 0 fully saturated rings. The molecule has 1 aromatic heterocycles. The van der Waals surface area contributed by atoms with Crippen LogP contribution in [0.3, 0.4) is 0 Å². The molecule has 29 heavy (non-hydrogen) atoms. The molecule has 0 unspecified atom stereocenters. The van der Waals surface area contributed by atoms with Gasteiger partial charge in [-0.1, -0.05) is 18.2 Å². The summed E-state index contributed by atoms with van der Waals surface area (Å²) < 4.78 is 17.0. The van der Waals surface area contributed by atoms with Crippen LogP contribution in [-0.2, 0) is 0 Å². The lowest BCUT2D eigenvalue weighted by Gasteiger charge is -2.10. The molecule has 0 saturated heterocycles. The van der Waals surface area contributed by atoms with E-state index < -0.39 is 0 Å². The average molecular weight is 385 g/mol. The summed E-state index contributed by atoms with van der Waals surface area (Å²) in [5.74, 6) is 2.05. The van der Waals surface area contributed by atoms with Gasteiger partial charge >= 0.3 is 0 Å². The van der Waals surface area contributed by atoms with E-state index in [1.807, 2.05) is 54.6 Å². The predicted octanol–water partition coefficient (Wildman–Crippen LogP) is 5.97. The van der Waals surface area contributed by atoms with Gasteiger partial charge in [-0.15, -0.1) is 0 Å². The van der Waals surface area contributed by atoms with Gasteiger partial charge in [0.25, 0.3) is 0 Å². The fraction of sp³-hybridized carbons (Fsp3) is 0.160. The summed E-state index contributed by atoms with van der Waals surface area (Å²) in [5, 5.41) is 1.83. The minimum atomic E-state index is 0.654. The second-order valence-electron chi connectivity index (χ2n) is 6.94. The Bertz CT molecular complexity index is 1250. The molecule has 0 aliphatic heterocycles. The maximum absolute atomic E-state index is 6.19. The Morgan fingerprint density at radius 2 is 1.55 bits per heavy atom. The van der Waals surface area contributed by atoms with Gasteiger partial charge in [-0.2, -0.15) is 0 Å². The Morgan fingerprint density at radius 1 is 0.759 bits per heavy atom. The standard InChI is InChI=1S/C25H23NO3/c1-16-9-11-19(13-17(16)2)26-21-15-24(29-22-8-6-5-7-20(21)22)18-10-12-23(27-3)25(14-18)28-4/h5-15H,1-4H3. The quantitative estimate of drug-likeness (QED) is 0.435. The van der Waals surface area contributed by atoms with Crippen LogP contribution in [0.2, 0.25) is 0 Å². The van der Waals surface area contributed by atoms with Crippen LogP contribution in [0.5, 0.6) is 11.5 Å². The van der Waals surface area contributed by atoms with Crippen molar-refractivity contribution in [2.45, 2.75) is 13.8 Å². The molecule has 0 amide bonds. The third-order valence-corrected chi connectivity index (χ3v) is 5.06. The lowest BCUT2D eigenvalue weighted by molar-refractivity contribution is 0.355. The number of hydrogen-bond acceptors (Lipinski definition) is 4. The van der Waals surface area contributed by atoms with Crippen LogP contribution in [0, 0.1) is 13.8 Å². The first-order valence-electron chi connectivity index (χ1n) is 9.46. The molecular weight excluding hydrogens is 362 g/mol. The van der Waals surface area contributed by atoms with Crippen molar-refractivity contribution in [3.63, 3.8) is 0 Å². The van der Waals surface area contributed by atoms with Gasteiger partial charge in [0, 0.05) is 17.0 Å². The van der Waals surface area contributed by atoms with E-state index in [9.17, 15) is 0 Å². The number of fused-ring (bicyclic) bond motifs is 1. The van der Waals surface area contributed by atoms with E-state index in [4.69, 9.17) is 18.9 Å². The second-order valence-corrected chi connectivity index (χ2v) is 6.94. The van der Waals surface area contributed by atoms with Crippen LogP contribution in [0.4, 0.5) is 5.69 Å². The van der Waals surface area contributed by atoms with Crippen molar-refractivity contribution >= 4 is 16.7 Å². The Hall–Kier alpha value is -3.53. The first kappa shape index (κ1) is 18.8. The molecule has 0 aliphatic carbocycles. The van der Waals surface area contributed by atoms with Crippen LogP contribution >= 0.6 is 0 Å². The molecule has 4 nitrogen and oxygen atoms in total. The first-order valence-corrected chi connectivity index (χ1v) is 9.46. The van der Waals surface area contributed by atoms with E-state index in [0.29, 0.717) is 17.3 Å². The highest BCUT2D eigenvalue weighted by Crippen LogP contribution is 2.32. The van der Waals surface area contributed by atoms with Crippen molar-refractivity contribution in [3.05, 3.63) is 83.2 Å². The van der Waals surface area contributed by atoms with E-state index in [1.54, 1.807) is 14.2 Å². The van der Waals surface area contributed by atoms with Crippen LogP contribution in [0.1, 0.15) is 11.1 Å². The Morgan fingerprint density at radius 3 is 2.31 bits per heavy atom. The molecule has 1 heterocycles. The number of aryl methyl sites for hydroxylation is 2. The smallest absolute Gasteiger partial charge is 0.161 e. The minimum Gasteiger partial charge on any atom is -0.493 e. The number of benzene rings is 3. The lowest BCUT2D eigenvalue weighted by Crippen LogP contribution is -2.03. The maximum atomic E-state index is 6.19. The number of ether oxygens (including phenoxy) is 2. The summed E-state index contributed by atoms with van der Waals surface area (Å²) in [5.41, 5.74) is 5.06. The van der Waals surface area contributed by atoms with Gasteiger partial charge in [0.15, 0.2) is 11.5 Å². The molecule has 0 N–H and O–H groups in total. The summed E-state index contributed by atoms with van der Waals surface area (Å²) in [6.07, 6.45) is 0. The summed E-state index contributed by atoms with van der Waals surface area (Å²) in [6, 6.07) is 21.9. The van der Waals surface area contributed by atoms with Crippen molar-refractivity contribution in [3.8, 4) is 22.8 Å². The van der Waals surface area contributed by atoms with Crippen LogP contribution in [0.15, 0.2) is 76.1 Å². The zero-order valence-corrected chi connectivity index (χ0v) is 17.0. The first-order chi connectivity index (χ1) is 14.1. The third-order valence-electron chi connectivity index (χ3n) is 5.06. The van der Waals surface area contributed by atoms with E-state index in [0.717, 1.165) is 27.6 Å². The highest BCUT2D eigenvalue weighted by molar-refractivity contribution is 5.79. The van der Waals surface area contributed by atoms with Gasteiger partial charge in [-0.05, 0) is 67.4 Å². The zero-order valence-electron chi connectivity index (χ0n) is 17.0. The summed E-state index contributed by atoms with van der Waals surface area (Å²) in [4.78, 5) is 4.92. The molecular formula is C25H23NO3. The van der Waals surface area contributed by atoms with Crippen LogP contribution in [0.25, 0.3) is 22.3 Å². The average Bonchev–Trinajstić information content (AvgIpc) is 2.75. The van der Waals surface area contributed by atoms with Crippen molar-refractivity contribution in [2.24, 2.45) is 4.99 Å². The number of nitrogens with zero attached hydrogens (tertiary/aromatic N) is 1. The molecule has 3 aromatic carbocycles. The van der Waals surface area contributed by atoms with E-state index in [-0.39, 0.29) is 0 Å². The number of methoxy groups -OCH3 is 2. The van der Waals surface area contributed by atoms with Crippen molar-refractivity contribution in [1.29, 1.82) is 0 Å². The number of hydrogen-bond donors (Lipinski definition) is 0. The summed E-state index contributed by atoms with van der Waals surface area (Å²) in [6.45, 7) is 4.20. The predicted molar refractivity (Wildman–Crippen MR) is 116 cm³/mol. The molecule has 4 aromatic rings. The van der Waals surface area contributed by atoms with Crippen LogP contribution in [-0.4, -0.2) is 14.2 Å². The van der Waals surface area contributed by atoms with Gasteiger partial charge in [0.2, 0.25) is 0 Å². The largest absolute Gasteiger partial charge is 0.493 e. The third kappa shape index (κ3) is 3.74. The van der Waals surface area contributed by atoms with Gasteiger partial charge in [-0.3, -0.25) is 0 Å². The Kier molecular flexibility index (Phi) is 5.09. The molecule has 0 aliphatic rings. The fourth-order valence-electron chi connectivity index (χ4n) is 3.28.